The summed E-state index contributed by atoms with van der Waals surface area (Å²) in [7, 11) is 0. The van der Waals surface area contributed by atoms with Crippen LogP contribution in [0.3, 0.4) is 0 Å². The Hall–Kier alpha value is -0.160. The van der Waals surface area contributed by atoms with Gasteiger partial charge >= 0.3 is 0 Å². The highest BCUT2D eigenvalue weighted by atomic mass is 16.4. The lowest BCUT2D eigenvalue weighted by atomic mass is 9.80. The van der Waals surface area contributed by atoms with E-state index in [1.165, 1.54) is 0 Å². The number of aliphatic hydroxyl groups is 3. The number of hydrogen-bond acceptors (Lipinski definition) is 4. The first-order chi connectivity index (χ1) is 5.10. The molecule has 4 nitrogen and oxygen atoms in total. The zero-order valence-corrected chi connectivity index (χ0v) is 6.40. The van der Waals surface area contributed by atoms with Crippen LogP contribution in [0.4, 0.5) is 0 Å². The van der Waals surface area contributed by atoms with Crippen molar-refractivity contribution in [2.45, 2.75) is 37.0 Å². The quantitative estimate of drug-likeness (QED) is 0.380. The normalized spacial score (nSPS) is 45.8. The van der Waals surface area contributed by atoms with Gasteiger partial charge in [-0.15, -0.1) is 0 Å². The second kappa shape index (κ2) is 3.06. The Morgan fingerprint density at radius 3 is 2.64 bits per heavy atom. The van der Waals surface area contributed by atoms with Crippen LogP contribution in [-0.2, 0) is 0 Å². The standard InChI is InChI=1S/C7H15NO3/c8-5-2-1-3-7(11,4-9)6(5)10/h5-6,9-11H,1-4,8H2/t5-,6+,7-/m0/s1. The van der Waals surface area contributed by atoms with Gasteiger partial charge in [-0.25, -0.2) is 0 Å². The fourth-order valence-electron chi connectivity index (χ4n) is 1.52. The Morgan fingerprint density at radius 2 is 2.18 bits per heavy atom. The number of hydrogen-bond donors (Lipinski definition) is 4. The predicted octanol–water partition coefficient (Wildman–Crippen LogP) is -1.42. The molecule has 0 aromatic rings. The monoisotopic (exact) mass is 161 g/mol. The second-order valence-corrected chi connectivity index (χ2v) is 3.26. The maximum Gasteiger partial charge on any atom is 0.115 e. The van der Waals surface area contributed by atoms with Crippen LogP contribution in [0.15, 0.2) is 0 Å². The molecule has 1 saturated carbocycles. The molecule has 5 N–H and O–H groups in total. The van der Waals surface area contributed by atoms with Crippen molar-refractivity contribution >= 4 is 0 Å². The summed E-state index contributed by atoms with van der Waals surface area (Å²) in [5.41, 5.74) is 4.14. The minimum atomic E-state index is -1.36. The summed E-state index contributed by atoms with van der Waals surface area (Å²) in [5, 5.41) is 27.7. The molecule has 1 aliphatic carbocycles. The zero-order chi connectivity index (χ0) is 8.48. The van der Waals surface area contributed by atoms with Crippen LogP contribution in [0.5, 0.6) is 0 Å². The van der Waals surface area contributed by atoms with Crippen molar-refractivity contribution < 1.29 is 15.3 Å². The Morgan fingerprint density at radius 1 is 1.55 bits per heavy atom. The van der Waals surface area contributed by atoms with E-state index in [1.807, 2.05) is 0 Å². The second-order valence-electron chi connectivity index (χ2n) is 3.26. The van der Waals surface area contributed by atoms with Gasteiger partial charge in [0.2, 0.25) is 0 Å². The van der Waals surface area contributed by atoms with E-state index in [2.05, 4.69) is 0 Å². The third-order valence-corrected chi connectivity index (χ3v) is 2.38. The first-order valence-corrected chi connectivity index (χ1v) is 3.87. The first kappa shape index (κ1) is 8.93. The highest BCUT2D eigenvalue weighted by Gasteiger charge is 2.41. The fraction of sp³-hybridized carbons (Fsp3) is 1.00. The molecule has 0 amide bonds. The zero-order valence-electron chi connectivity index (χ0n) is 6.40. The van der Waals surface area contributed by atoms with E-state index in [4.69, 9.17) is 10.8 Å². The summed E-state index contributed by atoms with van der Waals surface area (Å²) in [4.78, 5) is 0. The molecular weight excluding hydrogens is 146 g/mol. The van der Waals surface area contributed by atoms with Crippen LogP contribution in [0, 0.1) is 0 Å². The summed E-state index contributed by atoms with van der Waals surface area (Å²) >= 11 is 0. The summed E-state index contributed by atoms with van der Waals surface area (Å²) in [6, 6.07) is -0.402. The van der Waals surface area contributed by atoms with Crippen LogP contribution in [0.25, 0.3) is 0 Å². The largest absolute Gasteiger partial charge is 0.393 e. The van der Waals surface area contributed by atoms with Gasteiger partial charge < -0.3 is 21.1 Å². The Balaban J connectivity index is 2.64. The molecule has 0 saturated heterocycles. The molecule has 0 spiro atoms. The lowest BCUT2D eigenvalue weighted by Crippen LogP contribution is -2.57. The van der Waals surface area contributed by atoms with Gasteiger partial charge in [0.25, 0.3) is 0 Å². The molecule has 1 rings (SSSR count). The van der Waals surface area contributed by atoms with Gasteiger partial charge in [-0.3, -0.25) is 0 Å². The van der Waals surface area contributed by atoms with Gasteiger partial charge in [0.15, 0.2) is 0 Å². The summed E-state index contributed by atoms with van der Waals surface area (Å²) in [6.07, 6.45) is 0.915. The van der Waals surface area contributed by atoms with Crippen LogP contribution in [0.2, 0.25) is 0 Å². The topological polar surface area (TPSA) is 86.7 Å². The fourth-order valence-corrected chi connectivity index (χ4v) is 1.52. The van der Waals surface area contributed by atoms with Crippen LogP contribution < -0.4 is 5.73 Å². The third-order valence-electron chi connectivity index (χ3n) is 2.38. The van der Waals surface area contributed by atoms with Crippen molar-refractivity contribution in [2.24, 2.45) is 5.73 Å². The number of rotatable bonds is 1. The van der Waals surface area contributed by atoms with E-state index in [0.717, 1.165) is 6.42 Å². The van der Waals surface area contributed by atoms with Crippen LogP contribution >= 0.6 is 0 Å². The molecule has 0 bridgehead atoms. The molecule has 1 fully saturated rings. The third kappa shape index (κ3) is 1.54. The molecule has 3 atom stereocenters. The molecule has 11 heavy (non-hydrogen) atoms. The lowest BCUT2D eigenvalue weighted by Gasteiger charge is -2.38. The average Bonchev–Trinajstić information content (AvgIpc) is 2.00. The van der Waals surface area contributed by atoms with Crippen molar-refractivity contribution in [2.75, 3.05) is 6.61 Å². The first-order valence-electron chi connectivity index (χ1n) is 3.87. The Kier molecular flexibility index (Phi) is 2.49. The minimum Gasteiger partial charge on any atom is -0.393 e. The highest BCUT2D eigenvalue weighted by molar-refractivity contribution is 4.95. The smallest absolute Gasteiger partial charge is 0.115 e. The molecule has 4 heteroatoms. The molecule has 0 aromatic carbocycles. The van der Waals surface area contributed by atoms with Gasteiger partial charge in [-0.05, 0) is 19.3 Å². The summed E-state index contributed by atoms with van der Waals surface area (Å²) in [5.74, 6) is 0. The number of nitrogens with two attached hydrogens (primary N) is 1. The predicted molar refractivity (Wildman–Crippen MR) is 39.9 cm³/mol. The molecule has 0 aliphatic heterocycles. The summed E-state index contributed by atoms with van der Waals surface area (Å²) < 4.78 is 0. The maximum atomic E-state index is 9.54. The Bertz CT molecular complexity index is 142. The molecule has 0 heterocycles. The lowest BCUT2D eigenvalue weighted by molar-refractivity contribution is -0.133. The van der Waals surface area contributed by atoms with E-state index in [9.17, 15) is 10.2 Å². The van der Waals surface area contributed by atoms with E-state index >= 15 is 0 Å². The SMILES string of the molecule is N[C@H]1CCC[C@](O)(CO)[C@@H]1O. The van der Waals surface area contributed by atoms with Gasteiger partial charge in [0.1, 0.15) is 5.60 Å². The van der Waals surface area contributed by atoms with Crippen LogP contribution in [0.1, 0.15) is 19.3 Å². The van der Waals surface area contributed by atoms with E-state index in [0.29, 0.717) is 12.8 Å². The van der Waals surface area contributed by atoms with Crippen molar-refractivity contribution in [1.29, 1.82) is 0 Å². The van der Waals surface area contributed by atoms with Crippen molar-refractivity contribution in [3.8, 4) is 0 Å². The minimum absolute atomic E-state index is 0.402. The number of aliphatic hydroxyl groups excluding tert-OH is 2. The maximum absolute atomic E-state index is 9.54. The summed E-state index contributed by atoms with van der Waals surface area (Å²) in [6.45, 7) is -0.415. The van der Waals surface area contributed by atoms with Crippen molar-refractivity contribution in [3.05, 3.63) is 0 Å². The molecule has 0 unspecified atom stereocenters. The van der Waals surface area contributed by atoms with Gasteiger partial charge in [-0.1, -0.05) is 0 Å². The van der Waals surface area contributed by atoms with Crippen molar-refractivity contribution in [1.82, 2.24) is 0 Å². The van der Waals surface area contributed by atoms with Crippen molar-refractivity contribution in [3.63, 3.8) is 0 Å². The molecular formula is C7H15NO3. The van der Waals surface area contributed by atoms with Gasteiger partial charge in [0, 0.05) is 6.04 Å². The van der Waals surface area contributed by atoms with Gasteiger partial charge in [-0.2, -0.15) is 0 Å². The van der Waals surface area contributed by atoms with Gasteiger partial charge in [0.05, 0.1) is 12.7 Å². The van der Waals surface area contributed by atoms with E-state index < -0.39 is 24.4 Å². The molecule has 66 valence electrons. The van der Waals surface area contributed by atoms with E-state index in [1.54, 1.807) is 0 Å². The van der Waals surface area contributed by atoms with Crippen LogP contribution in [-0.4, -0.2) is 39.7 Å². The highest BCUT2D eigenvalue weighted by Crippen LogP contribution is 2.27. The Labute approximate surface area is 65.6 Å². The molecule has 0 aromatic heterocycles. The average molecular weight is 161 g/mol. The molecule has 1 aliphatic rings. The van der Waals surface area contributed by atoms with E-state index in [-0.39, 0.29) is 0 Å². The molecule has 0 radical (unpaired) electrons.